The van der Waals surface area contributed by atoms with Gasteiger partial charge in [0.2, 0.25) is 15.9 Å². The van der Waals surface area contributed by atoms with Crippen molar-refractivity contribution in [3.05, 3.63) is 30.3 Å². The Balaban J connectivity index is 2.17. The maximum absolute atomic E-state index is 13.0. The third kappa shape index (κ3) is 5.03. The molecule has 0 atom stereocenters. The molecular formula is C17H26N2O4S. The molecule has 24 heavy (non-hydrogen) atoms. The number of hydrogen-bond donors (Lipinski definition) is 1. The van der Waals surface area contributed by atoms with Crippen molar-refractivity contribution in [2.45, 2.75) is 43.0 Å². The van der Waals surface area contributed by atoms with Crippen LogP contribution in [0.5, 0.6) is 0 Å². The molecule has 0 aliphatic heterocycles. The van der Waals surface area contributed by atoms with Gasteiger partial charge in [0, 0.05) is 19.7 Å². The fraction of sp³-hybridized carbons (Fsp3) is 0.588. The average Bonchev–Trinajstić information content (AvgIpc) is 2.61. The van der Waals surface area contributed by atoms with E-state index in [1.807, 2.05) is 0 Å². The van der Waals surface area contributed by atoms with E-state index in [-0.39, 0.29) is 23.4 Å². The summed E-state index contributed by atoms with van der Waals surface area (Å²) in [5, 5.41) is 2.71. The first-order valence-corrected chi connectivity index (χ1v) is 9.82. The van der Waals surface area contributed by atoms with Crippen LogP contribution in [0, 0.1) is 0 Å². The molecule has 1 aromatic carbocycles. The van der Waals surface area contributed by atoms with Crippen molar-refractivity contribution in [3.63, 3.8) is 0 Å². The van der Waals surface area contributed by atoms with Gasteiger partial charge >= 0.3 is 0 Å². The zero-order valence-corrected chi connectivity index (χ0v) is 14.9. The highest BCUT2D eigenvalue weighted by molar-refractivity contribution is 7.89. The SMILES string of the molecule is COCCNC(=O)CN(C1CCCCC1)S(=O)(=O)c1ccccc1. The number of carbonyl (C=O) groups excluding carboxylic acids is 1. The minimum Gasteiger partial charge on any atom is -0.383 e. The summed E-state index contributed by atoms with van der Waals surface area (Å²) in [6, 6.07) is 8.22. The third-order valence-corrected chi connectivity index (χ3v) is 6.17. The maximum atomic E-state index is 13.0. The molecule has 0 unspecified atom stereocenters. The van der Waals surface area contributed by atoms with E-state index in [0.29, 0.717) is 13.2 Å². The van der Waals surface area contributed by atoms with E-state index < -0.39 is 10.0 Å². The molecule has 0 saturated heterocycles. The van der Waals surface area contributed by atoms with Gasteiger partial charge in [0.15, 0.2) is 0 Å². The first-order chi connectivity index (χ1) is 11.6. The predicted octanol–water partition coefficient (Wildman–Crippen LogP) is 1.77. The molecule has 1 saturated carbocycles. The van der Waals surface area contributed by atoms with Crippen LogP contribution < -0.4 is 5.32 Å². The average molecular weight is 354 g/mol. The largest absolute Gasteiger partial charge is 0.383 e. The van der Waals surface area contributed by atoms with Crippen LogP contribution in [0.25, 0.3) is 0 Å². The van der Waals surface area contributed by atoms with E-state index in [1.54, 1.807) is 37.4 Å². The molecule has 0 radical (unpaired) electrons. The summed E-state index contributed by atoms with van der Waals surface area (Å²) in [5.41, 5.74) is 0. The molecule has 0 spiro atoms. The summed E-state index contributed by atoms with van der Waals surface area (Å²) in [6.07, 6.45) is 4.72. The number of benzene rings is 1. The lowest BCUT2D eigenvalue weighted by Crippen LogP contribution is -2.47. The van der Waals surface area contributed by atoms with Crippen molar-refractivity contribution >= 4 is 15.9 Å². The van der Waals surface area contributed by atoms with Crippen molar-refractivity contribution in [2.75, 3.05) is 26.8 Å². The van der Waals surface area contributed by atoms with Crippen LogP contribution >= 0.6 is 0 Å². The molecule has 134 valence electrons. The second-order valence-electron chi connectivity index (χ2n) is 6.00. The number of sulfonamides is 1. The summed E-state index contributed by atoms with van der Waals surface area (Å²) >= 11 is 0. The lowest BCUT2D eigenvalue weighted by molar-refractivity contribution is -0.121. The number of methoxy groups -OCH3 is 1. The Kier molecular flexibility index (Phi) is 7.20. The molecule has 0 aromatic heterocycles. The summed E-state index contributed by atoms with van der Waals surface area (Å²) in [7, 11) is -2.13. The topological polar surface area (TPSA) is 75.7 Å². The number of hydrogen-bond acceptors (Lipinski definition) is 4. The van der Waals surface area contributed by atoms with E-state index in [4.69, 9.17) is 4.74 Å². The van der Waals surface area contributed by atoms with E-state index in [9.17, 15) is 13.2 Å². The van der Waals surface area contributed by atoms with Gasteiger partial charge in [-0.1, -0.05) is 37.5 Å². The molecule has 0 heterocycles. The van der Waals surface area contributed by atoms with Crippen LogP contribution in [-0.2, 0) is 19.6 Å². The molecule has 0 bridgehead atoms. The number of rotatable bonds is 8. The Labute approximate surface area is 144 Å². The van der Waals surface area contributed by atoms with Gasteiger partial charge in [-0.25, -0.2) is 8.42 Å². The number of ether oxygens (including phenoxy) is 1. The Morgan fingerprint density at radius 3 is 2.50 bits per heavy atom. The lowest BCUT2D eigenvalue weighted by atomic mass is 9.95. The van der Waals surface area contributed by atoms with E-state index in [1.165, 1.54) is 4.31 Å². The molecule has 7 heteroatoms. The van der Waals surface area contributed by atoms with E-state index >= 15 is 0 Å². The first kappa shape index (κ1) is 18.9. The second-order valence-corrected chi connectivity index (χ2v) is 7.89. The van der Waals surface area contributed by atoms with Gasteiger partial charge in [-0.3, -0.25) is 4.79 Å². The van der Waals surface area contributed by atoms with Gasteiger partial charge in [0.1, 0.15) is 0 Å². The summed E-state index contributed by atoms with van der Waals surface area (Å²) in [4.78, 5) is 12.4. The summed E-state index contributed by atoms with van der Waals surface area (Å²) in [5.74, 6) is -0.294. The Bertz CT molecular complexity index is 613. The number of amides is 1. The Hall–Kier alpha value is -1.44. The predicted molar refractivity (Wildman–Crippen MR) is 92.1 cm³/mol. The second kappa shape index (κ2) is 9.15. The molecule has 1 aromatic rings. The molecule has 1 amide bonds. The van der Waals surface area contributed by atoms with Crippen LogP contribution in [0.2, 0.25) is 0 Å². The Morgan fingerprint density at radius 1 is 1.21 bits per heavy atom. The molecular weight excluding hydrogens is 328 g/mol. The van der Waals surface area contributed by atoms with Gasteiger partial charge in [-0.2, -0.15) is 4.31 Å². The summed E-state index contributed by atoms with van der Waals surface area (Å²) < 4.78 is 32.3. The smallest absolute Gasteiger partial charge is 0.243 e. The third-order valence-electron chi connectivity index (χ3n) is 4.26. The fourth-order valence-corrected chi connectivity index (χ4v) is 4.66. The van der Waals surface area contributed by atoms with Gasteiger partial charge < -0.3 is 10.1 Å². The van der Waals surface area contributed by atoms with Gasteiger partial charge in [0.25, 0.3) is 0 Å². The van der Waals surface area contributed by atoms with Gasteiger partial charge in [-0.15, -0.1) is 0 Å². The van der Waals surface area contributed by atoms with Crippen LogP contribution in [0.1, 0.15) is 32.1 Å². The van der Waals surface area contributed by atoms with Gasteiger partial charge in [-0.05, 0) is 25.0 Å². The normalized spacial score (nSPS) is 16.2. The fourth-order valence-electron chi connectivity index (χ4n) is 3.00. The van der Waals surface area contributed by atoms with Crippen molar-refractivity contribution in [3.8, 4) is 0 Å². The molecule has 6 nitrogen and oxygen atoms in total. The monoisotopic (exact) mass is 354 g/mol. The lowest BCUT2D eigenvalue weighted by Gasteiger charge is -2.33. The summed E-state index contributed by atoms with van der Waals surface area (Å²) in [6.45, 7) is 0.630. The van der Waals surface area contributed by atoms with E-state index in [2.05, 4.69) is 5.32 Å². The zero-order chi connectivity index (χ0) is 17.4. The van der Waals surface area contributed by atoms with E-state index in [0.717, 1.165) is 32.1 Å². The highest BCUT2D eigenvalue weighted by Crippen LogP contribution is 2.27. The van der Waals surface area contributed by atoms with Crippen LogP contribution in [-0.4, -0.2) is 51.5 Å². The van der Waals surface area contributed by atoms with Crippen molar-refractivity contribution in [1.29, 1.82) is 0 Å². The molecule has 1 aliphatic carbocycles. The maximum Gasteiger partial charge on any atom is 0.243 e. The first-order valence-electron chi connectivity index (χ1n) is 8.38. The highest BCUT2D eigenvalue weighted by Gasteiger charge is 2.33. The van der Waals surface area contributed by atoms with Crippen molar-refractivity contribution in [2.24, 2.45) is 0 Å². The van der Waals surface area contributed by atoms with Gasteiger partial charge in [0.05, 0.1) is 18.0 Å². The van der Waals surface area contributed by atoms with Crippen LogP contribution in [0.4, 0.5) is 0 Å². The van der Waals surface area contributed by atoms with Crippen molar-refractivity contribution in [1.82, 2.24) is 9.62 Å². The molecule has 1 fully saturated rings. The minimum atomic E-state index is -3.69. The Morgan fingerprint density at radius 2 is 1.88 bits per heavy atom. The quantitative estimate of drug-likeness (QED) is 0.722. The molecule has 1 N–H and O–H groups in total. The molecule has 1 aliphatic rings. The van der Waals surface area contributed by atoms with Crippen LogP contribution in [0.3, 0.4) is 0 Å². The highest BCUT2D eigenvalue weighted by atomic mass is 32.2. The van der Waals surface area contributed by atoms with Crippen molar-refractivity contribution < 1.29 is 17.9 Å². The van der Waals surface area contributed by atoms with Crippen LogP contribution in [0.15, 0.2) is 35.2 Å². The minimum absolute atomic E-state index is 0.114. The number of nitrogens with zero attached hydrogens (tertiary/aromatic N) is 1. The molecule has 2 rings (SSSR count). The zero-order valence-electron chi connectivity index (χ0n) is 14.1. The standard InChI is InChI=1S/C17H26N2O4S/c1-23-13-12-18-17(20)14-19(15-8-4-2-5-9-15)24(21,22)16-10-6-3-7-11-16/h3,6-7,10-11,15H,2,4-5,8-9,12-14H2,1H3,(H,18,20). The number of nitrogens with one attached hydrogen (secondary N) is 1. The number of carbonyl (C=O) groups is 1.